The third kappa shape index (κ3) is 1.48. The van der Waals surface area contributed by atoms with E-state index in [0.29, 0.717) is 11.5 Å². The number of hydrogen-bond donors (Lipinski definition) is 1. The van der Waals surface area contributed by atoms with Crippen LogP contribution in [0.1, 0.15) is 0 Å². The molecular formula is C8H7FN4. The summed E-state index contributed by atoms with van der Waals surface area (Å²) in [5, 5.41) is 3.89. The largest absolute Gasteiger partial charge is 0.396 e. The summed E-state index contributed by atoms with van der Waals surface area (Å²) in [6.07, 6.45) is 3.05. The average molecular weight is 178 g/mol. The van der Waals surface area contributed by atoms with Gasteiger partial charge in [-0.05, 0) is 12.1 Å². The molecule has 2 aromatic heterocycles. The summed E-state index contributed by atoms with van der Waals surface area (Å²) in [6.45, 7) is 0. The second-order valence-electron chi connectivity index (χ2n) is 2.54. The Balaban J connectivity index is 2.46. The van der Waals surface area contributed by atoms with Crippen LogP contribution in [0.3, 0.4) is 0 Å². The molecule has 4 nitrogen and oxygen atoms in total. The topological polar surface area (TPSA) is 56.7 Å². The minimum absolute atomic E-state index is 0.414. The van der Waals surface area contributed by atoms with Crippen LogP contribution in [-0.2, 0) is 0 Å². The number of hydrogen-bond acceptors (Lipinski definition) is 3. The van der Waals surface area contributed by atoms with Gasteiger partial charge in [-0.3, -0.25) is 0 Å². The van der Waals surface area contributed by atoms with Gasteiger partial charge in [0.25, 0.3) is 0 Å². The summed E-state index contributed by atoms with van der Waals surface area (Å²) in [5.41, 5.74) is 5.97. The monoisotopic (exact) mass is 178 g/mol. The van der Waals surface area contributed by atoms with E-state index >= 15 is 0 Å². The molecule has 5 heteroatoms. The Bertz CT molecular complexity index is 424. The molecule has 2 rings (SSSR count). The fraction of sp³-hybridized carbons (Fsp3) is 0. The highest BCUT2D eigenvalue weighted by atomic mass is 19.1. The van der Waals surface area contributed by atoms with Crippen molar-refractivity contribution in [2.75, 3.05) is 5.73 Å². The Hall–Kier alpha value is -1.91. The van der Waals surface area contributed by atoms with Gasteiger partial charge in [-0.25, -0.2) is 9.67 Å². The zero-order valence-electron chi connectivity index (χ0n) is 6.68. The minimum Gasteiger partial charge on any atom is -0.396 e. The molecule has 0 unspecified atom stereocenters. The van der Waals surface area contributed by atoms with Gasteiger partial charge in [-0.2, -0.15) is 9.49 Å². The van der Waals surface area contributed by atoms with Crippen molar-refractivity contribution in [2.45, 2.75) is 0 Å². The van der Waals surface area contributed by atoms with Crippen LogP contribution in [-0.4, -0.2) is 14.8 Å². The van der Waals surface area contributed by atoms with E-state index in [2.05, 4.69) is 10.1 Å². The van der Waals surface area contributed by atoms with E-state index in [9.17, 15) is 4.39 Å². The van der Waals surface area contributed by atoms with Crippen molar-refractivity contribution >= 4 is 5.69 Å². The molecule has 0 fully saturated rings. The smallest absolute Gasteiger partial charge is 0.214 e. The van der Waals surface area contributed by atoms with Gasteiger partial charge < -0.3 is 5.73 Å². The summed E-state index contributed by atoms with van der Waals surface area (Å²) >= 11 is 0. The van der Waals surface area contributed by atoms with E-state index in [1.54, 1.807) is 18.3 Å². The van der Waals surface area contributed by atoms with Gasteiger partial charge >= 0.3 is 0 Å². The first-order valence-electron chi connectivity index (χ1n) is 3.69. The Labute approximate surface area is 73.8 Å². The molecule has 0 aliphatic rings. The number of rotatable bonds is 1. The molecule has 0 spiro atoms. The quantitative estimate of drug-likeness (QED) is 0.662. The summed E-state index contributed by atoms with van der Waals surface area (Å²) < 4.78 is 14.1. The fourth-order valence-corrected chi connectivity index (χ4v) is 0.987. The number of halogens is 1. The number of nitrogens with zero attached hydrogens (tertiary/aromatic N) is 3. The first-order valence-corrected chi connectivity index (χ1v) is 3.69. The van der Waals surface area contributed by atoms with E-state index in [1.165, 1.54) is 16.9 Å². The normalized spacial score (nSPS) is 10.2. The van der Waals surface area contributed by atoms with Crippen LogP contribution in [0, 0.1) is 5.95 Å². The van der Waals surface area contributed by atoms with Crippen molar-refractivity contribution in [3.05, 3.63) is 36.5 Å². The highest BCUT2D eigenvalue weighted by molar-refractivity contribution is 5.34. The van der Waals surface area contributed by atoms with Crippen LogP contribution in [0.15, 0.2) is 30.6 Å². The summed E-state index contributed by atoms with van der Waals surface area (Å²) in [6, 6.07) is 4.49. The molecule has 0 saturated heterocycles. The predicted octanol–water partition coefficient (Wildman–Crippen LogP) is 0.989. The van der Waals surface area contributed by atoms with Crippen molar-refractivity contribution in [2.24, 2.45) is 0 Å². The zero-order valence-corrected chi connectivity index (χ0v) is 6.68. The fourth-order valence-electron chi connectivity index (χ4n) is 0.987. The van der Waals surface area contributed by atoms with E-state index in [-0.39, 0.29) is 0 Å². The predicted molar refractivity (Wildman–Crippen MR) is 45.7 cm³/mol. The zero-order chi connectivity index (χ0) is 9.26. The van der Waals surface area contributed by atoms with Gasteiger partial charge in [0.2, 0.25) is 5.95 Å². The SMILES string of the molecule is Nc1cnn(-c2cccc(F)n2)c1. The molecule has 2 aromatic rings. The van der Waals surface area contributed by atoms with Crippen molar-refractivity contribution in [1.82, 2.24) is 14.8 Å². The third-order valence-corrected chi connectivity index (χ3v) is 1.54. The summed E-state index contributed by atoms with van der Waals surface area (Å²) in [5.74, 6) is -0.122. The molecule has 0 bridgehead atoms. The second-order valence-corrected chi connectivity index (χ2v) is 2.54. The Morgan fingerprint density at radius 1 is 1.38 bits per heavy atom. The lowest BCUT2D eigenvalue weighted by molar-refractivity contribution is 0.577. The molecule has 0 amide bonds. The van der Waals surface area contributed by atoms with Gasteiger partial charge in [0, 0.05) is 0 Å². The number of pyridine rings is 1. The van der Waals surface area contributed by atoms with Crippen LogP contribution in [0.25, 0.3) is 5.82 Å². The molecule has 2 heterocycles. The van der Waals surface area contributed by atoms with Crippen molar-refractivity contribution in [1.29, 1.82) is 0 Å². The van der Waals surface area contributed by atoms with E-state index in [0.717, 1.165) is 0 Å². The third-order valence-electron chi connectivity index (χ3n) is 1.54. The lowest BCUT2D eigenvalue weighted by atomic mass is 10.4. The highest BCUT2D eigenvalue weighted by Crippen LogP contribution is 2.06. The molecular weight excluding hydrogens is 171 g/mol. The minimum atomic E-state index is -0.536. The van der Waals surface area contributed by atoms with Gasteiger partial charge in [-0.1, -0.05) is 6.07 Å². The summed E-state index contributed by atoms with van der Waals surface area (Å²) in [4.78, 5) is 3.64. The molecule has 0 atom stereocenters. The van der Waals surface area contributed by atoms with E-state index in [1.807, 2.05) is 0 Å². The molecule has 0 aliphatic heterocycles. The average Bonchev–Trinajstić information content (AvgIpc) is 2.52. The maximum absolute atomic E-state index is 12.7. The molecule has 0 aliphatic carbocycles. The number of anilines is 1. The molecule has 66 valence electrons. The standard InChI is InChI=1S/C8H7FN4/c9-7-2-1-3-8(12-7)13-5-6(10)4-11-13/h1-5H,10H2. The Morgan fingerprint density at radius 2 is 2.23 bits per heavy atom. The number of nitrogen functional groups attached to an aromatic ring is 1. The van der Waals surface area contributed by atoms with Crippen molar-refractivity contribution in [3.8, 4) is 5.82 Å². The van der Waals surface area contributed by atoms with Crippen molar-refractivity contribution in [3.63, 3.8) is 0 Å². The Morgan fingerprint density at radius 3 is 2.85 bits per heavy atom. The molecule has 0 radical (unpaired) electrons. The number of aromatic nitrogens is 3. The number of nitrogens with two attached hydrogens (primary N) is 1. The van der Waals surface area contributed by atoms with Gasteiger partial charge in [0.1, 0.15) is 0 Å². The maximum Gasteiger partial charge on any atom is 0.214 e. The van der Waals surface area contributed by atoms with Gasteiger partial charge in [0.05, 0.1) is 18.1 Å². The van der Waals surface area contributed by atoms with E-state index < -0.39 is 5.95 Å². The maximum atomic E-state index is 12.7. The molecule has 13 heavy (non-hydrogen) atoms. The van der Waals surface area contributed by atoms with E-state index in [4.69, 9.17) is 5.73 Å². The molecule has 0 saturated carbocycles. The van der Waals surface area contributed by atoms with Crippen LogP contribution in [0.4, 0.5) is 10.1 Å². The second kappa shape index (κ2) is 2.85. The van der Waals surface area contributed by atoms with Crippen LogP contribution >= 0.6 is 0 Å². The van der Waals surface area contributed by atoms with Gasteiger partial charge in [-0.15, -0.1) is 0 Å². The van der Waals surface area contributed by atoms with Crippen LogP contribution in [0.2, 0.25) is 0 Å². The molecule has 2 N–H and O–H groups in total. The van der Waals surface area contributed by atoms with Crippen LogP contribution in [0.5, 0.6) is 0 Å². The Kier molecular flexibility index (Phi) is 1.70. The first kappa shape index (κ1) is 7.72. The first-order chi connectivity index (χ1) is 6.25. The summed E-state index contributed by atoms with van der Waals surface area (Å²) in [7, 11) is 0. The highest BCUT2D eigenvalue weighted by Gasteiger charge is 2.00. The van der Waals surface area contributed by atoms with Crippen molar-refractivity contribution < 1.29 is 4.39 Å². The lowest BCUT2D eigenvalue weighted by Gasteiger charge is -1.97. The van der Waals surface area contributed by atoms with Crippen LogP contribution < -0.4 is 5.73 Å². The molecule has 0 aromatic carbocycles. The van der Waals surface area contributed by atoms with Gasteiger partial charge in [0.15, 0.2) is 5.82 Å². The lowest BCUT2D eigenvalue weighted by Crippen LogP contribution is -1.98.